The lowest BCUT2D eigenvalue weighted by Crippen LogP contribution is -2.21. The molecule has 0 aliphatic heterocycles. The van der Waals surface area contributed by atoms with Crippen LogP contribution in [0.1, 0.15) is 18.7 Å². The number of rotatable bonds is 5. The maximum atomic E-state index is 11.8. The predicted octanol–water partition coefficient (Wildman–Crippen LogP) is 1.50. The number of nitrogens with zero attached hydrogens (tertiary/aromatic N) is 1. The zero-order chi connectivity index (χ0) is 12.3. The van der Waals surface area contributed by atoms with Gasteiger partial charge in [-0.05, 0) is 12.1 Å². The van der Waals surface area contributed by atoms with E-state index < -0.39 is 10.0 Å². The van der Waals surface area contributed by atoms with Crippen molar-refractivity contribution < 1.29 is 8.42 Å². The molecule has 92 valence electrons. The van der Waals surface area contributed by atoms with Crippen LogP contribution in [-0.2, 0) is 16.6 Å². The SMILES string of the molecule is CC(C)NCc1ccc(S(=O)(=O)N(C)C)s1. The highest BCUT2D eigenvalue weighted by molar-refractivity contribution is 7.91. The van der Waals surface area contributed by atoms with Gasteiger partial charge in [0, 0.05) is 31.6 Å². The Morgan fingerprint density at radius 1 is 1.38 bits per heavy atom. The highest BCUT2D eigenvalue weighted by atomic mass is 32.2. The minimum Gasteiger partial charge on any atom is -0.310 e. The smallest absolute Gasteiger partial charge is 0.252 e. The molecule has 1 aromatic rings. The molecule has 0 aromatic carbocycles. The zero-order valence-corrected chi connectivity index (χ0v) is 11.7. The second kappa shape index (κ2) is 5.27. The van der Waals surface area contributed by atoms with Crippen LogP contribution >= 0.6 is 11.3 Å². The van der Waals surface area contributed by atoms with Crippen LogP contribution in [0.3, 0.4) is 0 Å². The van der Waals surface area contributed by atoms with Crippen LogP contribution in [0.25, 0.3) is 0 Å². The van der Waals surface area contributed by atoms with Crippen LogP contribution < -0.4 is 5.32 Å². The van der Waals surface area contributed by atoms with Crippen molar-refractivity contribution in [3.8, 4) is 0 Å². The van der Waals surface area contributed by atoms with E-state index >= 15 is 0 Å². The summed E-state index contributed by atoms with van der Waals surface area (Å²) in [5.41, 5.74) is 0. The fourth-order valence-corrected chi connectivity index (χ4v) is 3.55. The van der Waals surface area contributed by atoms with Gasteiger partial charge in [0.15, 0.2) is 0 Å². The maximum Gasteiger partial charge on any atom is 0.252 e. The van der Waals surface area contributed by atoms with Crippen molar-refractivity contribution in [2.45, 2.75) is 30.6 Å². The first-order chi connectivity index (χ1) is 7.34. The molecule has 0 aliphatic carbocycles. The molecule has 0 bridgehead atoms. The Kier molecular flexibility index (Phi) is 4.49. The summed E-state index contributed by atoms with van der Waals surface area (Å²) in [5.74, 6) is 0. The Bertz CT molecular complexity index is 435. The van der Waals surface area contributed by atoms with Crippen LogP contribution in [0, 0.1) is 0 Å². The fourth-order valence-electron chi connectivity index (χ4n) is 1.08. The van der Waals surface area contributed by atoms with Gasteiger partial charge in [0.2, 0.25) is 0 Å². The molecule has 0 radical (unpaired) electrons. The fraction of sp³-hybridized carbons (Fsp3) is 0.600. The number of thiophene rings is 1. The Hall–Kier alpha value is -0.430. The molecule has 1 rings (SSSR count). The molecule has 1 heterocycles. The first-order valence-electron chi connectivity index (χ1n) is 5.08. The van der Waals surface area contributed by atoms with Crippen LogP contribution in [-0.4, -0.2) is 32.9 Å². The Labute approximate surface area is 101 Å². The van der Waals surface area contributed by atoms with Crippen LogP contribution in [0.5, 0.6) is 0 Å². The molecule has 0 aliphatic rings. The molecule has 0 atom stereocenters. The average Bonchev–Trinajstić information content (AvgIpc) is 2.63. The van der Waals surface area contributed by atoms with E-state index in [-0.39, 0.29) is 0 Å². The van der Waals surface area contributed by atoms with Gasteiger partial charge in [-0.15, -0.1) is 11.3 Å². The topological polar surface area (TPSA) is 49.4 Å². The van der Waals surface area contributed by atoms with Gasteiger partial charge in [0.1, 0.15) is 4.21 Å². The second-order valence-corrected chi connectivity index (χ2v) is 7.59. The molecular formula is C10H18N2O2S2. The highest BCUT2D eigenvalue weighted by Gasteiger charge is 2.19. The molecule has 0 amide bonds. The van der Waals surface area contributed by atoms with Gasteiger partial charge in [-0.3, -0.25) is 0 Å². The Morgan fingerprint density at radius 2 is 2.00 bits per heavy atom. The summed E-state index contributed by atoms with van der Waals surface area (Å²) < 4.78 is 25.2. The van der Waals surface area contributed by atoms with E-state index in [1.807, 2.05) is 6.07 Å². The molecule has 0 saturated carbocycles. The average molecular weight is 262 g/mol. The van der Waals surface area contributed by atoms with Gasteiger partial charge in [-0.1, -0.05) is 13.8 Å². The molecule has 1 N–H and O–H groups in total. The summed E-state index contributed by atoms with van der Waals surface area (Å²) in [6, 6.07) is 3.92. The highest BCUT2D eigenvalue weighted by Crippen LogP contribution is 2.23. The van der Waals surface area contributed by atoms with E-state index in [1.165, 1.54) is 15.6 Å². The van der Waals surface area contributed by atoms with E-state index in [1.54, 1.807) is 20.2 Å². The predicted molar refractivity (Wildman–Crippen MR) is 67.2 cm³/mol. The monoisotopic (exact) mass is 262 g/mol. The van der Waals surface area contributed by atoms with Crippen molar-refractivity contribution in [2.75, 3.05) is 14.1 Å². The van der Waals surface area contributed by atoms with E-state index in [9.17, 15) is 8.42 Å². The van der Waals surface area contributed by atoms with E-state index in [4.69, 9.17) is 0 Å². The van der Waals surface area contributed by atoms with Crippen molar-refractivity contribution in [1.82, 2.24) is 9.62 Å². The number of hydrogen-bond acceptors (Lipinski definition) is 4. The van der Waals surface area contributed by atoms with Gasteiger partial charge in [0.05, 0.1) is 0 Å². The summed E-state index contributed by atoms with van der Waals surface area (Å²) >= 11 is 1.32. The van der Waals surface area contributed by atoms with E-state index in [2.05, 4.69) is 19.2 Å². The maximum absolute atomic E-state index is 11.8. The van der Waals surface area contributed by atoms with Gasteiger partial charge >= 0.3 is 0 Å². The second-order valence-electron chi connectivity index (χ2n) is 4.04. The first-order valence-corrected chi connectivity index (χ1v) is 7.34. The van der Waals surface area contributed by atoms with E-state index in [0.29, 0.717) is 16.8 Å². The lowest BCUT2D eigenvalue weighted by molar-refractivity contribution is 0.523. The van der Waals surface area contributed by atoms with Crippen molar-refractivity contribution in [3.05, 3.63) is 17.0 Å². The minimum absolute atomic E-state index is 0.399. The molecule has 16 heavy (non-hydrogen) atoms. The number of hydrogen-bond donors (Lipinski definition) is 1. The molecule has 0 fully saturated rings. The van der Waals surface area contributed by atoms with Crippen LogP contribution in [0.4, 0.5) is 0 Å². The lowest BCUT2D eigenvalue weighted by atomic mass is 10.4. The summed E-state index contributed by atoms with van der Waals surface area (Å²) in [5, 5.41) is 3.26. The normalized spacial score (nSPS) is 12.6. The molecule has 0 spiro atoms. The molecule has 6 heteroatoms. The third-order valence-corrected chi connectivity index (χ3v) is 5.42. The van der Waals surface area contributed by atoms with Crippen LogP contribution in [0.2, 0.25) is 0 Å². The van der Waals surface area contributed by atoms with Gasteiger partial charge in [-0.25, -0.2) is 12.7 Å². The van der Waals surface area contributed by atoms with E-state index in [0.717, 1.165) is 4.88 Å². The van der Waals surface area contributed by atoms with Crippen molar-refractivity contribution >= 4 is 21.4 Å². The first kappa shape index (κ1) is 13.6. The lowest BCUT2D eigenvalue weighted by Gasteiger charge is -2.08. The summed E-state index contributed by atoms with van der Waals surface area (Å²) in [7, 11) is -0.185. The minimum atomic E-state index is -3.27. The van der Waals surface area contributed by atoms with Gasteiger partial charge < -0.3 is 5.32 Å². The Morgan fingerprint density at radius 3 is 2.50 bits per heavy atom. The molecule has 0 saturated heterocycles. The quantitative estimate of drug-likeness (QED) is 0.875. The van der Waals surface area contributed by atoms with Crippen molar-refractivity contribution in [1.29, 1.82) is 0 Å². The van der Waals surface area contributed by atoms with Crippen molar-refractivity contribution in [2.24, 2.45) is 0 Å². The summed E-state index contributed by atoms with van der Waals surface area (Å²) in [6.07, 6.45) is 0. The van der Waals surface area contributed by atoms with Crippen LogP contribution in [0.15, 0.2) is 16.3 Å². The van der Waals surface area contributed by atoms with Gasteiger partial charge in [-0.2, -0.15) is 0 Å². The third-order valence-electron chi connectivity index (χ3n) is 2.06. The Balaban J connectivity index is 2.80. The third kappa shape index (κ3) is 3.28. The number of sulfonamides is 1. The van der Waals surface area contributed by atoms with Gasteiger partial charge in [0.25, 0.3) is 10.0 Å². The molecular weight excluding hydrogens is 244 g/mol. The summed E-state index contributed by atoms with van der Waals surface area (Å²) in [4.78, 5) is 1.04. The molecule has 4 nitrogen and oxygen atoms in total. The van der Waals surface area contributed by atoms with Crippen molar-refractivity contribution in [3.63, 3.8) is 0 Å². The largest absolute Gasteiger partial charge is 0.310 e. The number of nitrogens with one attached hydrogen (secondary N) is 1. The zero-order valence-electron chi connectivity index (χ0n) is 10.0. The molecule has 0 unspecified atom stereocenters. The molecule has 1 aromatic heterocycles. The standard InChI is InChI=1S/C10H18N2O2S2/c1-8(2)11-7-9-5-6-10(15-9)16(13,14)12(3)4/h5-6,8,11H,7H2,1-4H3. The summed E-state index contributed by atoms with van der Waals surface area (Å²) in [6.45, 7) is 4.83.